The molecule has 1 rings (SSSR count). The van der Waals surface area contributed by atoms with Gasteiger partial charge < -0.3 is 5.11 Å². The van der Waals surface area contributed by atoms with E-state index in [0.29, 0.717) is 0 Å². The molecule has 0 aliphatic carbocycles. The van der Waals surface area contributed by atoms with Crippen LogP contribution in [0.1, 0.15) is 20.8 Å². The van der Waals surface area contributed by atoms with Crippen molar-refractivity contribution in [2.75, 3.05) is 13.1 Å². The number of carboxylic acid groups (broad SMARTS) is 1. The van der Waals surface area contributed by atoms with Crippen molar-refractivity contribution < 1.29 is 18.3 Å². The van der Waals surface area contributed by atoms with E-state index in [4.69, 9.17) is 5.11 Å². The third-order valence-corrected chi connectivity index (χ3v) is 4.44. The minimum Gasteiger partial charge on any atom is -0.481 e. The van der Waals surface area contributed by atoms with E-state index in [0.717, 1.165) is 0 Å². The van der Waals surface area contributed by atoms with E-state index in [1.165, 1.54) is 4.31 Å². The van der Waals surface area contributed by atoms with Crippen LogP contribution in [0.2, 0.25) is 0 Å². The Labute approximate surface area is 95.8 Å². The molecule has 0 radical (unpaired) electrons. The van der Waals surface area contributed by atoms with Crippen molar-refractivity contribution >= 4 is 16.2 Å². The second-order valence-electron chi connectivity index (χ2n) is 4.48. The third-order valence-electron chi connectivity index (χ3n) is 2.70. The molecule has 2 N–H and O–H groups in total. The second kappa shape index (κ2) is 4.68. The molecule has 0 saturated carbocycles. The standard InChI is InChI=1S/C9H18N2O4S/c1-6(2)10-16(14,15)11-4-8(5-11)7(3)9(12)13/h6-8,10H,4-5H2,1-3H3,(H,12,13). The van der Waals surface area contributed by atoms with Crippen LogP contribution in [0.4, 0.5) is 0 Å². The molecule has 1 fully saturated rings. The molecule has 1 atom stereocenters. The van der Waals surface area contributed by atoms with Crippen LogP contribution in [-0.2, 0) is 15.0 Å². The molecule has 0 bridgehead atoms. The smallest absolute Gasteiger partial charge is 0.306 e. The largest absolute Gasteiger partial charge is 0.481 e. The zero-order valence-corrected chi connectivity index (χ0v) is 10.5. The predicted molar refractivity (Wildman–Crippen MR) is 59.1 cm³/mol. The van der Waals surface area contributed by atoms with E-state index in [-0.39, 0.29) is 25.0 Å². The topological polar surface area (TPSA) is 86.7 Å². The first kappa shape index (κ1) is 13.4. The average molecular weight is 250 g/mol. The van der Waals surface area contributed by atoms with Crippen molar-refractivity contribution in [3.05, 3.63) is 0 Å². The minimum atomic E-state index is -3.42. The van der Waals surface area contributed by atoms with Gasteiger partial charge in [-0.1, -0.05) is 6.92 Å². The summed E-state index contributed by atoms with van der Waals surface area (Å²) in [6.45, 7) is 5.67. The highest BCUT2D eigenvalue weighted by atomic mass is 32.2. The maximum absolute atomic E-state index is 11.6. The molecule has 6 nitrogen and oxygen atoms in total. The maximum Gasteiger partial charge on any atom is 0.306 e. The Morgan fingerprint density at radius 1 is 1.38 bits per heavy atom. The average Bonchev–Trinajstić information content (AvgIpc) is 1.96. The molecule has 0 amide bonds. The van der Waals surface area contributed by atoms with Gasteiger partial charge >= 0.3 is 5.97 Å². The maximum atomic E-state index is 11.6. The van der Waals surface area contributed by atoms with Crippen LogP contribution in [0.25, 0.3) is 0 Å². The van der Waals surface area contributed by atoms with Gasteiger partial charge in [0.2, 0.25) is 0 Å². The fourth-order valence-electron chi connectivity index (χ4n) is 1.56. The minimum absolute atomic E-state index is 0.0822. The Hall–Kier alpha value is -0.660. The van der Waals surface area contributed by atoms with E-state index in [9.17, 15) is 13.2 Å². The van der Waals surface area contributed by atoms with Crippen molar-refractivity contribution in [2.24, 2.45) is 11.8 Å². The molecule has 1 saturated heterocycles. The number of carbonyl (C=O) groups is 1. The SMILES string of the molecule is CC(C)NS(=O)(=O)N1CC(C(C)C(=O)O)C1. The molecular weight excluding hydrogens is 232 g/mol. The molecule has 0 aromatic carbocycles. The lowest BCUT2D eigenvalue weighted by Gasteiger charge is -2.40. The van der Waals surface area contributed by atoms with Gasteiger partial charge in [0.15, 0.2) is 0 Å². The zero-order valence-electron chi connectivity index (χ0n) is 9.67. The van der Waals surface area contributed by atoms with Gasteiger partial charge in [-0.3, -0.25) is 4.79 Å². The van der Waals surface area contributed by atoms with Crippen LogP contribution >= 0.6 is 0 Å². The molecule has 0 aromatic heterocycles. The molecule has 0 aromatic rings. The summed E-state index contributed by atoms with van der Waals surface area (Å²) in [6.07, 6.45) is 0. The highest BCUT2D eigenvalue weighted by molar-refractivity contribution is 7.87. The zero-order chi connectivity index (χ0) is 12.5. The summed E-state index contributed by atoms with van der Waals surface area (Å²) in [5.74, 6) is -1.45. The molecule has 1 unspecified atom stereocenters. The lowest BCUT2D eigenvalue weighted by molar-refractivity contribution is -0.144. The van der Waals surface area contributed by atoms with Crippen LogP contribution in [0, 0.1) is 11.8 Å². The van der Waals surface area contributed by atoms with E-state index >= 15 is 0 Å². The summed E-state index contributed by atoms with van der Waals surface area (Å²) in [4.78, 5) is 10.7. The quantitative estimate of drug-likeness (QED) is 0.712. The van der Waals surface area contributed by atoms with Crippen molar-refractivity contribution in [3.63, 3.8) is 0 Å². The number of aliphatic carboxylic acids is 1. The van der Waals surface area contributed by atoms with Gasteiger partial charge in [0, 0.05) is 19.1 Å². The number of hydrogen-bond donors (Lipinski definition) is 2. The number of carboxylic acids is 1. The first-order valence-electron chi connectivity index (χ1n) is 5.24. The number of nitrogens with one attached hydrogen (secondary N) is 1. The van der Waals surface area contributed by atoms with Gasteiger partial charge in [0.1, 0.15) is 0 Å². The summed E-state index contributed by atoms with van der Waals surface area (Å²) in [6, 6.07) is -0.152. The molecule has 7 heteroatoms. The van der Waals surface area contributed by atoms with E-state index in [1.54, 1.807) is 20.8 Å². The van der Waals surface area contributed by atoms with Gasteiger partial charge in [-0.05, 0) is 19.8 Å². The molecule has 1 aliphatic rings. The van der Waals surface area contributed by atoms with Crippen molar-refractivity contribution in [1.29, 1.82) is 0 Å². The highest BCUT2D eigenvalue weighted by Gasteiger charge is 2.40. The first-order chi connectivity index (χ1) is 7.24. The molecule has 1 heterocycles. The van der Waals surface area contributed by atoms with Crippen LogP contribution in [0.15, 0.2) is 0 Å². The first-order valence-corrected chi connectivity index (χ1v) is 6.68. The van der Waals surface area contributed by atoms with Crippen LogP contribution < -0.4 is 4.72 Å². The van der Waals surface area contributed by atoms with Gasteiger partial charge in [-0.2, -0.15) is 17.4 Å². The van der Waals surface area contributed by atoms with E-state index < -0.39 is 22.1 Å². The van der Waals surface area contributed by atoms with Crippen molar-refractivity contribution in [1.82, 2.24) is 9.03 Å². The Morgan fingerprint density at radius 2 is 1.88 bits per heavy atom. The Balaban J connectivity index is 2.50. The van der Waals surface area contributed by atoms with Gasteiger partial charge in [0.05, 0.1) is 5.92 Å². The number of nitrogens with zero attached hydrogens (tertiary/aromatic N) is 1. The summed E-state index contributed by atoms with van der Waals surface area (Å²) < 4.78 is 27.0. The number of rotatable bonds is 5. The lowest BCUT2D eigenvalue weighted by atomic mass is 9.89. The predicted octanol–water partition coefficient (Wildman–Crippen LogP) is -0.118. The summed E-state index contributed by atoms with van der Waals surface area (Å²) in [7, 11) is -3.42. The van der Waals surface area contributed by atoms with Crippen LogP contribution in [0.3, 0.4) is 0 Å². The second-order valence-corrected chi connectivity index (χ2v) is 6.18. The van der Waals surface area contributed by atoms with Crippen LogP contribution in [0.5, 0.6) is 0 Å². The molecule has 16 heavy (non-hydrogen) atoms. The fraction of sp³-hybridized carbons (Fsp3) is 0.889. The summed E-state index contributed by atoms with van der Waals surface area (Å²) in [5, 5.41) is 8.77. The fourth-order valence-corrected chi connectivity index (χ4v) is 3.08. The molecule has 0 spiro atoms. The molecular formula is C9H18N2O4S. The highest BCUT2D eigenvalue weighted by Crippen LogP contribution is 2.25. The monoisotopic (exact) mass is 250 g/mol. The van der Waals surface area contributed by atoms with Gasteiger partial charge in [-0.15, -0.1) is 0 Å². The lowest BCUT2D eigenvalue weighted by Crippen LogP contribution is -2.57. The van der Waals surface area contributed by atoms with E-state index in [1.807, 2.05) is 0 Å². The summed E-state index contributed by atoms with van der Waals surface area (Å²) in [5.41, 5.74) is 0. The van der Waals surface area contributed by atoms with E-state index in [2.05, 4.69) is 4.72 Å². The third kappa shape index (κ3) is 2.93. The Kier molecular flexibility index (Phi) is 3.92. The molecule has 94 valence electrons. The number of hydrogen-bond acceptors (Lipinski definition) is 3. The van der Waals surface area contributed by atoms with Crippen molar-refractivity contribution in [3.8, 4) is 0 Å². The van der Waals surface area contributed by atoms with Crippen molar-refractivity contribution in [2.45, 2.75) is 26.8 Å². The normalized spacial score (nSPS) is 20.8. The van der Waals surface area contributed by atoms with Gasteiger partial charge in [0.25, 0.3) is 10.2 Å². The Bertz CT molecular complexity index is 360. The van der Waals surface area contributed by atoms with Crippen LogP contribution in [-0.4, -0.2) is 42.9 Å². The summed E-state index contributed by atoms with van der Waals surface area (Å²) >= 11 is 0. The molecule has 1 aliphatic heterocycles. The Morgan fingerprint density at radius 3 is 2.25 bits per heavy atom. The van der Waals surface area contributed by atoms with Gasteiger partial charge in [-0.25, -0.2) is 0 Å².